The van der Waals surface area contributed by atoms with Gasteiger partial charge in [-0.1, -0.05) is 48.4 Å². The minimum Gasteiger partial charge on any atom is -0.345 e. The van der Waals surface area contributed by atoms with E-state index < -0.39 is 11.7 Å². The molecule has 1 saturated carbocycles. The van der Waals surface area contributed by atoms with Gasteiger partial charge < -0.3 is 4.90 Å². The molecule has 3 heterocycles. The molecule has 1 aliphatic carbocycles. The van der Waals surface area contributed by atoms with Gasteiger partial charge in [-0.3, -0.25) is 4.90 Å². The molecule has 188 valence electrons. The van der Waals surface area contributed by atoms with E-state index in [0.717, 1.165) is 84.9 Å². The third-order valence-electron chi connectivity index (χ3n) is 7.22. The van der Waals surface area contributed by atoms with E-state index in [1.807, 2.05) is 22.9 Å². The van der Waals surface area contributed by atoms with Crippen LogP contribution in [0.4, 0.5) is 18.3 Å². The van der Waals surface area contributed by atoms with Crippen molar-refractivity contribution in [2.75, 3.05) is 31.1 Å². The highest BCUT2D eigenvalue weighted by atomic mass is 32.1. The van der Waals surface area contributed by atoms with Crippen molar-refractivity contribution < 1.29 is 13.2 Å². The van der Waals surface area contributed by atoms with Crippen LogP contribution in [0.3, 0.4) is 0 Å². The molecule has 7 nitrogen and oxygen atoms in total. The molecule has 1 aliphatic heterocycles. The third-order valence-corrected chi connectivity index (χ3v) is 8.32. The molecule has 0 amide bonds. The molecule has 0 unspecified atom stereocenters. The van der Waals surface area contributed by atoms with Gasteiger partial charge in [0.2, 0.25) is 0 Å². The second-order valence-electron chi connectivity index (χ2n) is 9.43. The monoisotopic (exact) mass is 513 g/mol. The third kappa shape index (κ3) is 4.45. The lowest BCUT2D eigenvalue weighted by Crippen LogP contribution is -2.48. The van der Waals surface area contributed by atoms with Gasteiger partial charge in [-0.25, -0.2) is 9.67 Å². The van der Waals surface area contributed by atoms with Crippen molar-refractivity contribution in [1.82, 2.24) is 30.1 Å². The molecule has 36 heavy (non-hydrogen) atoms. The molecule has 0 spiro atoms. The first-order chi connectivity index (χ1) is 17.5. The van der Waals surface area contributed by atoms with Crippen LogP contribution in [0.5, 0.6) is 0 Å². The van der Waals surface area contributed by atoms with Gasteiger partial charge >= 0.3 is 6.18 Å². The zero-order chi connectivity index (χ0) is 24.7. The summed E-state index contributed by atoms with van der Waals surface area (Å²) in [5.41, 5.74) is 1.12. The second kappa shape index (κ2) is 9.44. The summed E-state index contributed by atoms with van der Waals surface area (Å²) < 4.78 is 42.8. The first kappa shape index (κ1) is 23.4. The molecule has 0 radical (unpaired) electrons. The number of anilines is 1. The van der Waals surface area contributed by atoms with Crippen LogP contribution in [-0.2, 0) is 6.18 Å². The SMILES string of the molecule is FC(F)(F)c1ccc([C@@H](c2nnnn2C2CCCC2)N2CCN(c3nc4ccccc4s3)CC2)cc1. The topological polar surface area (TPSA) is 63.0 Å². The van der Waals surface area contributed by atoms with Crippen molar-refractivity contribution in [2.24, 2.45) is 0 Å². The molecule has 2 aliphatic rings. The van der Waals surface area contributed by atoms with Gasteiger partial charge in [0.05, 0.1) is 27.9 Å². The molecule has 0 N–H and O–H groups in total. The number of piperazine rings is 1. The lowest BCUT2D eigenvalue weighted by atomic mass is 10.0. The first-order valence-electron chi connectivity index (χ1n) is 12.3. The first-order valence-corrected chi connectivity index (χ1v) is 13.1. The summed E-state index contributed by atoms with van der Waals surface area (Å²) in [5.74, 6) is 0.704. The van der Waals surface area contributed by atoms with E-state index in [2.05, 4.69) is 31.4 Å². The smallest absolute Gasteiger partial charge is 0.345 e. The van der Waals surface area contributed by atoms with Gasteiger partial charge in [-0.05, 0) is 53.1 Å². The summed E-state index contributed by atoms with van der Waals surface area (Å²) in [6, 6.07) is 13.5. The minimum atomic E-state index is -4.37. The fourth-order valence-corrected chi connectivity index (χ4v) is 6.35. The van der Waals surface area contributed by atoms with Crippen LogP contribution in [0.1, 0.15) is 54.7 Å². The van der Waals surface area contributed by atoms with Gasteiger partial charge in [0.25, 0.3) is 0 Å². The van der Waals surface area contributed by atoms with Crippen LogP contribution in [0.25, 0.3) is 10.2 Å². The van der Waals surface area contributed by atoms with Crippen LogP contribution in [-0.4, -0.2) is 56.3 Å². The van der Waals surface area contributed by atoms with Crippen LogP contribution in [0.15, 0.2) is 48.5 Å². The molecular formula is C25H26F3N7S. The standard InChI is InChI=1S/C25H26F3N7S/c26-25(27,28)18-11-9-17(10-12-18)22(23-30-31-32-35(23)19-5-1-2-6-19)33-13-15-34(16-14-33)24-29-20-7-3-4-8-21(20)36-24/h3-4,7-12,19,22H,1-2,5-6,13-16H2/t22-/m0/s1. The molecule has 6 rings (SSSR count). The number of nitrogens with zero attached hydrogens (tertiary/aromatic N) is 7. The number of para-hydroxylation sites is 1. The summed E-state index contributed by atoms with van der Waals surface area (Å²) in [6.07, 6.45) is -0.0693. The van der Waals surface area contributed by atoms with Gasteiger partial charge in [0, 0.05) is 26.2 Å². The molecule has 2 aromatic carbocycles. The Bertz CT molecular complexity index is 1290. The van der Waals surface area contributed by atoms with Crippen molar-refractivity contribution in [1.29, 1.82) is 0 Å². The minimum absolute atomic E-state index is 0.232. The highest BCUT2D eigenvalue weighted by Gasteiger charge is 2.35. The Hall–Kier alpha value is -3.05. The number of thiazole rings is 1. The molecule has 1 saturated heterocycles. The number of hydrogen-bond donors (Lipinski definition) is 0. The van der Waals surface area contributed by atoms with Crippen molar-refractivity contribution in [3.63, 3.8) is 0 Å². The molecule has 2 aromatic heterocycles. The Labute approximate surface area is 210 Å². The Kier molecular flexibility index (Phi) is 6.12. The molecule has 4 aromatic rings. The van der Waals surface area contributed by atoms with E-state index in [-0.39, 0.29) is 12.1 Å². The van der Waals surface area contributed by atoms with Crippen LogP contribution in [0, 0.1) is 0 Å². The van der Waals surface area contributed by atoms with E-state index in [4.69, 9.17) is 4.98 Å². The number of alkyl halides is 3. The number of fused-ring (bicyclic) bond motifs is 1. The Balaban J connectivity index is 1.29. The van der Waals surface area contributed by atoms with Gasteiger partial charge in [-0.2, -0.15) is 13.2 Å². The number of halogens is 3. The molecule has 1 atom stereocenters. The molecule has 2 fully saturated rings. The summed E-state index contributed by atoms with van der Waals surface area (Å²) in [7, 11) is 0. The summed E-state index contributed by atoms with van der Waals surface area (Å²) in [4.78, 5) is 9.36. The Morgan fingerprint density at radius 2 is 1.64 bits per heavy atom. The lowest BCUT2D eigenvalue weighted by Gasteiger charge is -2.39. The summed E-state index contributed by atoms with van der Waals surface area (Å²) in [6.45, 7) is 2.97. The maximum atomic E-state index is 13.2. The molecule has 0 bridgehead atoms. The van der Waals surface area contributed by atoms with Gasteiger partial charge in [-0.15, -0.1) is 5.10 Å². The number of tetrazole rings is 1. The predicted octanol–water partition coefficient (Wildman–Crippen LogP) is 5.33. The van der Waals surface area contributed by atoms with E-state index >= 15 is 0 Å². The van der Waals surface area contributed by atoms with Crippen LogP contribution >= 0.6 is 11.3 Å². The molecule has 11 heteroatoms. The zero-order valence-electron chi connectivity index (χ0n) is 19.6. The van der Waals surface area contributed by atoms with E-state index in [1.54, 1.807) is 23.5 Å². The van der Waals surface area contributed by atoms with E-state index in [1.165, 1.54) is 0 Å². The maximum absolute atomic E-state index is 13.2. The number of aromatic nitrogens is 5. The molecular weight excluding hydrogens is 487 g/mol. The van der Waals surface area contributed by atoms with Crippen molar-refractivity contribution in [2.45, 2.75) is 43.9 Å². The average Bonchev–Trinajstić information content (AvgIpc) is 3.65. The van der Waals surface area contributed by atoms with Crippen LogP contribution in [0.2, 0.25) is 0 Å². The van der Waals surface area contributed by atoms with Crippen molar-refractivity contribution in [3.8, 4) is 0 Å². The van der Waals surface area contributed by atoms with Crippen molar-refractivity contribution >= 4 is 26.7 Å². The quantitative estimate of drug-likeness (QED) is 0.360. The highest BCUT2D eigenvalue weighted by Crippen LogP contribution is 2.37. The fourth-order valence-electron chi connectivity index (χ4n) is 5.33. The van der Waals surface area contributed by atoms with E-state index in [9.17, 15) is 13.2 Å². The second-order valence-corrected chi connectivity index (χ2v) is 10.4. The number of hydrogen-bond acceptors (Lipinski definition) is 7. The van der Waals surface area contributed by atoms with Gasteiger partial charge in [0.1, 0.15) is 0 Å². The lowest BCUT2D eigenvalue weighted by molar-refractivity contribution is -0.137. The fraction of sp³-hybridized carbons (Fsp3) is 0.440. The largest absolute Gasteiger partial charge is 0.416 e. The zero-order valence-corrected chi connectivity index (χ0v) is 20.4. The van der Waals surface area contributed by atoms with Crippen molar-refractivity contribution in [3.05, 3.63) is 65.5 Å². The maximum Gasteiger partial charge on any atom is 0.416 e. The Morgan fingerprint density at radius 1 is 0.917 bits per heavy atom. The predicted molar refractivity (Wildman–Crippen MR) is 132 cm³/mol. The van der Waals surface area contributed by atoms with Gasteiger partial charge in [0.15, 0.2) is 11.0 Å². The average molecular weight is 514 g/mol. The summed E-state index contributed by atoms with van der Waals surface area (Å²) in [5, 5.41) is 13.7. The summed E-state index contributed by atoms with van der Waals surface area (Å²) >= 11 is 1.68. The highest BCUT2D eigenvalue weighted by molar-refractivity contribution is 7.22. The van der Waals surface area contributed by atoms with E-state index in [0.29, 0.717) is 5.82 Å². The number of rotatable bonds is 5. The Morgan fingerprint density at radius 3 is 2.33 bits per heavy atom. The number of benzene rings is 2. The normalized spacial score (nSPS) is 18.8. The van der Waals surface area contributed by atoms with Crippen LogP contribution < -0.4 is 4.90 Å².